The topological polar surface area (TPSA) is 110 Å². The molecule has 1 aromatic carbocycles. The number of hydrogen-bond donors (Lipinski definition) is 4. The van der Waals surface area contributed by atoms with Gasteiger partial charge in [-0.15, -0.1) is 0 Å². The lowest BCUT2D eigenvalue weighted by atomic mass is 10.1. The Morgan fingerprint density at radius 2 is 2.26 bits per heavy atom. The van der Waals surface area contributed by atoms with Crippen molar-refractivity contribution in [1.29, 1.82) is 5.26 Å². The van der Waals surface area contributed by atoms with E-state index in [0.29, 0.717) is 18.2 Å². The van der Waals surface area contributed by atoms with Crippen molar-refractivity contribution in [3.63, 3.8) is 0 Å². The first kappa shape index (κ1) is 20.4. The van der Waals surface area contributed by atoms with Crippen molar-refractivity contribution >= 4 is 10.9 Å². The Balaban J connectivity index is 0.000000817. The van der Waals surface area contributed by atoms with Gasteiger partial charge < -0.3 is 20.9 Å². The molecule has 0 spiro atoms. The van der Waals surface area contributed by atoms with Gasteiger partial charge in [0.25, 0.3) is 0 Å². The van der Waals surface area contributed by atoms with Crippen molar-refractivity contribution in [3.8, 4) is 6.07 Å². The molecule has 0 bridgehead atoms. The van der Waals surface area contributed by atoms with Gasteiger partial charge >= 0.3 is 0 Å². The molecule has 7 heteroatoms. The summed E-state index contributed by atoms with van der Waals surface area (Å²) in [6, 6.07) is 10.2. The number of hydrazine groups is 1. The van der Waals surface area contributed by atoms with Gasteiger partial charge in [-0.05, 0) is 56.2 Å². The zero-order chi connectivity index (χ0) is 19.8. The molecule has 7 nitrogen and oxygen atoms in total. The first-order valence-corrected chi connectivity index (χ1v) is 8.98. The third kappa shape index (κ3) is 5.51. The number of rotatable bonds is 5. The van der Waals surface area contributed by atoms with Gasteiger partial charge in [-0.3, -0.25) is 5.01 Å². The molecule has 0 radical (unpaired) electrons. The van der Waals surface area contributed by atoms with E-state index in [1.165, 1.54) is 6.20 Å². The minimum absolute atomic E-state index is 0.296. The zero-order valence-electron chi connectivity index (χ0n) is 15.9. The fourth-order valence-electron chi connectivity index (χ4n) is 3.23. The van der Waals surface area contributed by atoms with Crippen molar-refractivity contribution < 1.29 is 0 Å². The van der Waals surface area contributed by atoms with Gasteiger partial charge in [0.05, 0.1) is 24.2 Å². The summed E-state index contributed by atoms with van der Waals surface area (Å²) in [5, 5.41) is 15.1. The lowest BCUT2D eigenvalue weighted by Crippen LogP contribution is -2.51. The van der Waals surface area contributed by atoms with E-state index in [4.69, 9.17) is 11.1 Å². The Morgan fingerprint density at radius 3 is 2.93 bits per heavy atom. The first-order chi connectivity index (χ1) is 13.0. The molecule has 2 aromatic rings. The van der Waals surface area contributed by atoms with E-state index in [-0.39, 0.29) is 0 Å². The number of benzene rings is 1. The average Bonchev–Trinajstić information content (AvgIpc) is 3.08. The summed E-state index contributed by atoms with van der Waals surface area (Å²) < 4.78 is 0. The molecule has 1 atom stereocenters. The Morgan fingerprint density at radius 1 is 1.52 bits per heavy atom. The zero-order valence-corrected chi connectivity index (χ0v) is 15.9. The molecule has 1 saturated heterocycles. The predicted molar refractivity (Wildman–Crippen MR) is 110 cm³/mol. The highest BCUT2D eigenvalue weighted by atomic mass is 15.5. The van der Waals surface area contributed by atoms with Crippen molar-refractivity contribution in [2.45, 2.75) is 25.4 Å². The van der Waals surface area contributed by atoms with Gasteiger partial charge in [0.1, 0.15) is 5.82 Å². The molecule has 0 saturated carbocycles. The molecule has 1 unspecified atom stereocenters. The van der Waals surface area contributed by atoms with Crippen LogP contribution < -0.4 is 16.9 Å². The van der Waals surface area contributed by atoms with E-state index in [1.54, 1.807) is 5.01 Å². The Kier molecular flexibility index (Phi) is 7.29. The molecule has 144 valence electrons. The second-order valence-corrected chi connectivity index (χ2v) is 6.71. The van der Waals surface area contributed by atoms with Crippen molar-refractivity contribution in [2.24, 2.45) is 11.6 Å². The first-order valence-electron chi connectivity index (χ1n) is 8.98. The number of hydrogen-bond acceptors (Lipinski definition) is 6. The van der Waals surface area contributed by atoms with Crippen molar-refractivity contribution in [1.82, 2.24) is 20.2 Å². The number of H-pyrrole nitrogens is 1. The van der Waals surface area contributed by atoms with Crippen LogP contribution in [-0.4, -0.2) is 41.1 Å². The van der Waals surface area contributed by atoms with E-state index in [2.05, 4.69) is 53.3 Å². The van der Waals surface area contributed by atoms with Gasteiger partial charge in [0, 0.05) is 17.8 Å². The summed E-state index contributed by atoms with van der Waals surface area (Å²) >= 11 is 0. The summed E-state index contributed by atoms with van der Waals surface area (Å²) in [4.78, 5) is 5.63. The molecule has 1 aliphatic rings. The number of likely N-dealkylation sites (N-methyl/N-ethyl adjacent to an activating group) is 1. The molecular formula is C20H29N7. The van der Waals surface area contributed by atoms with Crippen LogP contribution in [0.1, 0.15) is 24.1 Å². The molecule has 3 rings (SSSR count). The number of likely N-dealkylation sites (tertiary alicyclic amines) is 1. The van der Waals surface area contributed by atoms with Crippen LogP contribution in [0.15, 0.2) is 49.4 Å². The molecule has 1 aliphatic heterocycles. The minimum Gasteiger partial charge on any atom is -0.405 e. The number of fused-ring (bicyclic) bond motifs is 1. The second-order valence-electron chi connectivity index (χ2n) is 6.71. The molecule has 2 heterocycles. The third-order valence-corrected chi connectivity index (χ3v) is 4.59. The van der Waals surface area contributed by atoms with Crippen molar-refractivity contribution in [2.75, 3.05) is 20.1 Å². The lowest BCUT2D eigenvalue weighted by molar-refractivity contribution is 0.134. The third-order valence-electron chi connectivity index (χ3n) is 4.59. The van der Waals surface area contributed by atoms with Crippen molar-refractivity contribution in [3.05, 3.63) is 60.7 Å². The van der Waals surface area contributed by atoms with Crippen LogP contribution in [0.25, 0.3) is 10.9 Å². The fraction of sp³-hybridized carbons (Fsp3) is 0.350. The van der Waals surface area contributed by atoms with E-state index in [0.717, 1.165) is 48.3 Å². The molecule has 1 fully saturated rings. The fourth-order valence-corrected chi connectivity index (χ4v) is 3.23. The highest BCUT2D eigenvalue weighted by molar-refractivity contribution is 5.81. The Bertz CT molecular complexity index is 817. The number of nitrogens with zero attached hydrogens (tertiary/aromatic N) is 3. The smallest absolute Gasteiger partial charge is 0.109 e. The summed E-state index contributed by atoms with van der Waals surface area (Å²) in [6.07, 6.45) is 3.50. The van der Waals surface area contributed by atoms with Crippen LogP contribution in [-0.2, 0) is 6.54 Å². The van der Waals surface area contributed by atoms with E-state index in [9.17, 15) is 0 Å². The summed E-state index contributed by atoms with van der Waals surface area (Å²) in [5.41, 5.74) is 7.27. The molecule has 1 aromatic heterocycles. The van der Waals surface area contributed by atoms with E-state index in [1.807, 2.05) is 18.2 Å². The standard InChI is InChI=1S/C18H24N6.C2H5N/c1-13(24(20)17-4-3-7-23(2)12-17)21-11-16-9-15-6-5-14(10-19)8-18(15)22-16;1-2-3/h5-6,8-9,17,21-22H,1,3-4,7,11-12,20H2,2H3;2H,1,3H2. The summed E-state index contributed by atoms with van der Waals surface area (Å²) in [7, 11) is 2.12. The van der Waals surface area contributed by atoms with Crippen LogP contribution in [0.4, 0.5) is 0 Å². The van der Waals surface area contributed by atoms with E-state index >= 15 is 0 Å². The highest BCUT2D eigenvalue weighted by Gasteiger charge is 2.22. The van der Waals surface area contributed by atoms with E-state index < -0.39 is 0 Å². The van der Waals surface area contributed by atoms with Gasteiger partial charge in [-0.25, -0.2) is 5.84 Å². The van der Waals surface area contributed by atoms with Gasteiger partial charge in [-0.1, -0.05) is 19.2 Å². The van der Waals surface area contributed by atoms with Crippen LogP contribution in [0.3, 0.4) is 0 Å². The maximum atomic E-state index is 8.97. The summed E-state index contributed by atoms with van der Waals surface area (Å²) in [5.74, 6) is 6.96. The second kappa shape index (κ2) is 9.67. The molecule has 6 N–H and O–H groups in total. The molecule has 0 amide bonds. The predicted octanol–water partition coefficient (Wildman–Crippen LogP) is 1.96. The molecule has 27 heavy (non-hydrogen) atoms. The largest absolute Gasteiger partial charge is 0.405 e. The number of nitrogens with two attached hydrogens (primary N) is 2. The number of aromatic nitrogens is 1. The lowest BCUT2D eigenvalue weighted by Gasteiger charge is -2.37. The minimum atomic E-state index is 0.296. The average molecular weight is 368 g/mol. The normalized spacial score (nSPS) is 16.7. The van der Waals surface area contributed by atoms with Gasteiger partial charge in [0.15, 0.2) is 0 Å². The quantitative estimate of drug-likeness (QED) is 0.475. The number of aromatic amines is 1. The SMILES string of the molecule is C=C(NCc1cc2ccc(C#N)cc2[nH]1)N(N)C1CCCN(C)C1.C=CN. The van der Waals surface area contributed by atoms with Crippen LogP contribution >= 0.6 is 0 Å². The van der Waals surface area contributed by atoms with Crippen LogP contribution in [0.5, 0.6) is 0 Å². The molecular weight excluding hydrogens is 338 g/mol. The Labute approximate surface area is 160 Å². The maximum Gasteiger partial charge on any atom is 0.109 e. The van der Waals surface area contributed by atoms with Crippen LogP contribution in [0.2, 0.25) is 0 Å². The van der Waals surface area contributed by atoms with Gasteiger partial charge in [0.2, 0.25) is 0 Å². The molecule has 0 aliphatic carbocycles. The maximum absolute atomic E-state index is 8.97. The number of nitrogens with one attached hydrogen (secondary N) is 2. The Hall–Kier alpha value is -2.95. The number of piperidine rings is 1. The van der Waals surface area contributed by atoms with Crippen LogP contribution in [0, 0.1) is 11.3 Å². The highest BCUT2D eigenvalue weighted by Crippen LogP contribution is 2.18. The summed E-state index contributed by atoms with van der Waals surface area (Å²) in [6.45, 7) is 9.91. The monoisotopic (exact) mass is 367 g/mol. The number of nitriles is 1. The van der Waals surface area contributed by atoms with Gasteiger partial charge in [-0.2, -0.15) is 5.26 Å².